The van der Waals surface area contributed by atoms with Gasteiger partial charge in [0.15, 0.2) is 6.10 Å². The minimum Gasteiger partial charge on any atom is -0.478 e. The lowest BCUT2D eigenvalue weighted by Gasteiger charge is -2.16. The van der Waals surface area contributed by atoms with E-state index in [4.69, 9.17) is 14.5 Å². The van der Waals surface area contributed by atoms with E-state index in [1.807, 2.05) is 26.0 Å². The highest BCUT2D eigenvalue weighted by atomic mass is 79.9. The van der Waals surface area contributed by atoms with E-state index < -0.39 is 12.1 Å². The molecule has 0 aliphatic heterocycles. The minimum atomic E-state index is -0.795. The SMILES string of the molecule is CCOC(=O)[C@H](C)Oc1ccc(Br)cc1C=Nn1c([C@@H](C)CC)nc2ccc(Br)cc2c1=O. The Labute approximate surface area is 209 Å². The first-order valence-corrected chi connectivity index (χ1v) is 12.2. The van der Waals surface area contributed by atoms with Crippen LogP contribution in [0.2, 0.25) is 0 Å². The van der Waals surface area contributed by atoms with Gasteiger partial charge in [-0.2, -0.15) is 9.78 Å². The van der Waals surface area contributed by atoms with Crippen molar-refractivity contribution in [2.24, 2.45) is 5.10 Å². The van der Waals surface area contributed by atoms with Crippen LogP contribution in [0, 0.1) is 0 Å². The zero-order chi connectivity index (χ0) is 24.1. The van der Waals surface area contributed by atoms with Gasteiger partial charge in [-0.25, -0.2) is 9.78 Å². The van der Waals surface area contributed by atoms with Gasteiger partial charge < -0.3 is 9.47 Å². The van der Waals surface area contributed by atoms with Gasteiger partial charge in [-0.15, -0.1) is 0 Å². The van der Waals surface area contributed by atoms with Crippen LogP contribution in [0.15, 0.2) is 55.2 Å². The Balaban J connectivity index is 2.08. The Kier molecular flexibility index (Phi) is 8.42. The molecule has 2 atom stereocenters. The number of hydrogen-bond donors (Lipinski definition) is 0. The number of carbonyl (C=O) groups is 1. The van der Waals surface area contributed by atoms with Crippen molar-refractivity contribution in [1.82, 2.24) is 9.66 Å². The van der Waals surface area contributed by atoms with Crippen LogP contribution in [0.4, 0.5) is 0 Å². The second-order valence-corrected chi connectivity index (χ2v) is 9.33. The van der Waals surface area contributed by atoms with Gasteiger partial charge in [0.25, 0.3) is 5.56 Å². The third-order valence-corrected chi connectivity index (χ3v) is 6.08. The van der Waals surface area contributed by atoms with Gasteiger partial charge >= 0.3 is 5.97 Å². The van der Waals surface area contributed by atoms with Crippen molar-refractivity contribution in [1.29, 1.82) is 0 Å². The van der Waals surface area contributed by atoms with Crippen LogP contribution in [-0.2, 0) is 9.53 Å². The van der Waals surface area contributed by atoms with Crippen LogP contribution in [0.25, 0.3) is 10.9 Å². The smallest absolute Gasteiger partial charge is 0.347 e. The average molecular weight is 579 g/mol. The summed E-state index contributed by atoms with van der Waals surface area (Å²) in [5.41, 5.74) is 0.960. The van der Waals surface area contributed by atoms with E-state index in [1.165, 1.54) is 10.9 Å². The Morgan fingerprint density at radius 1 is 1.15 bits per heavy atom. The van der Waals surface area contributed by atoms with Crippen molar-refractivity contribution >= 4 is 54.9 Å². The molecule has 0 amide bonds. The lowest BCUT2D eigenvalue weighted by molar-refractivity contribution is -0.150. The van der Waals surface area contributed by atoms with Gasteiger partial charge in [0.2, 0.25) is 0 Å². The molecule has 0 saturated carbocycles. The van der Waals surface area contributed by atoms with Crippen LogP contribution in [0.3, 0.4) is 0 Å². The number of nitrogens with zero attached hydrogens (tertiary/aromatic N) is 3. The van der Waals surface area contributed by atoms with Crippen LogP contribution in [0.1, 0.15) is 51.4 Å². The predicted molar refractivity (Wildman–Crippen MR) is 136 cm³/mol. The molecule has 2 aromatic carbocycles. The third-order valence-electron chi connectivity index (χ3n) is 5.09. The first kappa shape index (κ1) is 25.1. The number of carbonyl (C=O) groups excluding carboxylic acids is 1. The molecule has 0 bridgehead atoms. The first-order valence-electron chi connectivity index (χ1n) is 10.6. The van der Waals surface area contributed by atoms with Gasteiger partial charge in [-0.05, 0) is 56.7 Å². The molecule has 0 spiro atoms. The van der Waals surface area contributed by atoms with Crippen LogP contribution in [0.5, 0.6) is 5.75 Å². The van der Waals surface area contributed by atoms with Gasteiger partial charge in [0, 0.05) is 20.4 Å². The lowest BCUT2D eigenvalue weighted by Crippen LogP contribution is -2.26. The molecule has 3 aromatic rings. The fourth-order valence-electron chi connectivity index (χ4n) is 3.12. The van der Waals surface area contributed by atoms with Crippen molar-refractivity contribution in [3.8, 4) is 5.75 Å². The van der Waals surface area contributed by atoms with E-state index in [9.17, 15) is 9.59 Å². The molecule has 1 heterocycles. The normalized spacial score (nSPS) is 13.3. The van der Waals surface area contributed by atoms with Crippen molar-refractivity contribution < 1.29 is 14.3 Å². The quantitative estimate of drug-likeness (QED) is 0.255. The Hall–Kier alpha value is -2.52. The van der Waals surface area contributed by atoms with E-state index >= 15 is 0 Å². The molecule has 9 heteroatoms. The summed E-state index contributed by atoms with van der Waals surface area (Å²) in [5, 5.41) is 4.97. The summed E-state index contributed by atoms with van der Waals surface area (Å²) in [6.45, 7) is 7.68. The maximum absolute atomic E-state index is 13.3. The topological polar surface area (TPSA) is 82.8 Å². The molecule has 174 valence electrons. The van der Waals surface area contributed by atoms with E-state index in [-0.39, 0.29) is 18.1 Å². The molecule has 0 radical (unpaired) electrons. The molecular formula is C24H25Br2N3O4. The Morgan fingerprint density at radius 2 is 1.85 bits per heavy atom. The number of halogens is 2. The highest BCUT2D eigenvalue weighted by molar-refractivity contribution is 9.10. The van der Waals surface area contributed by atoms with Crippen molar-refractivity contribution in [3.63, 3.8) is 0 Å². The van der Waals surface area contributed by atoms with Crippen LogP contribution in [-0.4, -0.2) is 34.6 Å². The lowest BCUT2D eigenvalue weighted by atomic mass is 10.1. The first-order chi connectivity index (χ1) is 15.7. The summed E-state index contributed by atoms with van der Waals surface area (Å²) in [4.78, 5) is 30.0. The van der Waals surface area contributed by atoms with Gasteiger partial charge in [-0.3, -0.25) is 4.79 Å². The monoisotopic (exact) mass is 577 g/mol. The van der Waals surface area contributed by atoms with Crippen molar-refractivity contribution in [2.45, 2.75) is 46.1 Å². The van der Waals surface area contributed by atoms with Crippen molar-refractivity contribution in [3.05, 3.63) is 67.1 Å². The number of esters is 1. The summed E-state index contributed by atoms with van der Waals surface area (Å²) < 4.78 is 13.8. The zero-order valence-corrected chi connectivity index (χ0v) is 22.0. The van der Waals surface area contributed by atoms with Gasteiger partial charge in [0.05, 0.1) is 23.7 Å². The molecule has 0 saturated heterocycles. The number of rotatable bonds is 8. The fraction of sp³-hybridized carbons (Fsp3) is 0.333. The number of benzene rings is 2. The molecule has 0 N–H and O–H groups in total. The minimum absolute atomic E-state index is 0.0185. The molecule has 0 aliphatic rings. The van der Waals surface area contributed by atoms with Crippen molar-refractivity contribution in [2.75, 3.05) is 6.61 Å². The highest BCUT2D eigenvalue weighted by Crippen LogP contribution is 2.24. The maximum atomic E-state index is 13.3. The standard InChI is InChI=1S/C24H25Br2N3O4/c1-5-14(3)22-28-20-9-7-18(26)12-19(20)23(30)29(22)27-13-16-11-17(25)8-10-21(16)33-15(4)24(31)32-6-2/h7-15H,5-6H2,1-4H3/t14-,15-/m0/s1. The Morgan fingerprint density at radius 3 is 2.55 bits per heavy atom. The van der Waals surface area contributed by atoms with E-state index in [2.05, 4.69) is 37.0 Å². The molecule has 0 fully saturated rings. The molecule has 33 heavy (non-hydrogen) atoms. The summed E-state index contributed by atoms with van der Waals surface area (Å²) in [5.74, 6) is 0.580. The van der Waals surface area contributed by atoms with E-state index in [0.29, 0.717) is 28.0 Å². The predicted octanol–water partition coefficient (Wildman–Crippen LogP) is 5.65. The number of hydrogen-bond acceptors (Lipinski definition) is 6. The zero-order valence-electron chi connectivity index (χ0n) is 18.8. The third kappa shape index (κ3) is 5.89. The molecule has 3 rings (SSSR count). The number of fused-ring (bicyclic) bond motifs is 1. The van der Waals surface area contributed by atoms with E-state index in [0.717, 1.165) is 15.4 Å². The fourth-order valence-corrected chi connectivity index (χ4v) is 3.86. The molecule has 1 aromatic heterocycles. The number of ether oxygens (including phenoxy) is 2. The molecule has 0 aliphatic carbocycles. The molecule has 0 unspecified atom stereocenters. The number of aromatic nitrogens is 2. The maximum Gasteiger partial charge on any atom is 0.347 e. The highest BCUT2D eigenvalue weighted by Gasteiger charge is 2.18. The summed E-state index contributed by atoms with van der Waals surface area (Å²) in [7, 11) is 0. The largest absolute Gasteiger partial charge is 0.478 e. The second kappa shape index (κ2) is 11.1. The van der Waals surface area contributed by atoms with Crippen LogP contribution < -0.4 is 10.3 Å². The van der Waals surface area contributed by atoms with Crippen LogP contribution >= 0.6 is 31.9 Å². The van der Waals surface area contributed by atoms with Gasteiger partial charge in [-0.1, -0.05) is 45.7 Å². The Bertz CT molecular complexity index is 1260. The summed E-state index contributed by atoms with van der Waals surface area (Å²) >= 11 is 6.87. The van der Waals surface area contributed by atoms with Gasteiger partial charge in [0.1, 0.15) is 11.6 Å². The molecular weight excluding hydrogens is 554 g/mol. The molecule has 7 nitrogen and oxygen atoms in total. The summed E-state index contributed by atoms with van der Waals surface area (Å²) in [6.07, 6.45) is 1.54. The second-order valence-electron chi connectivity index (χ2n) is 7.50. The summed E-state index contributed by atoms with van der Waals surface area (Å²) in [6, 6.07) is 10.8. The average Bonchev–Trinajstić information content (AvgIpc) is 2.79. The van der Waals surface area contributed by atoms with E-state index in [1.54, 1.807) is 38.1 Å².